The normalized spacial score (nSPS) is 10.0. The first-order valence-electron chi connectivity index (χ1n) is 7.81. The van der Waals surface area contributed by atoms with Crippen molar-refractivity contribution in [1.82, 2.24) is 14.8 Å². The fourth-order valence-electron chi connectivity index (χ4n) is 2.40. The number of nitrogens with one attached hydrogen (secondary N) is 2. The number of carboxylic acid groups (broad SMARTS) is 1. The molecule has 0 atom stereocenters. The van der Waals surface area contributed by atoms with Crippen LogP contribution in [0.2, 0.25) is 0 Å². The van der Waals surface area contributed by atoms with Gasteiger partial charge in [-0.15, -0.1) is 0 Å². The Kier molecular flexibility index (Phi) is 7.41. The van der Waals surface area contributed by atoms with E-state index in [2.05, 4.69) is 15.5 Å². The SMILES string of the molecule is O=C([O-])C(=O)Cc1ccc(NC(=O)c2cccc(-n3cn[nH]c3=S)c2)cc1.[Na+]. The molecule has 3 aromatic rings. The Morgan fingerprint density at radius 2 is 1.86 bits per heavy atom. The number of hydrogen-bond donors (Lipinski definition) is 2. The number of aromatic nitrogens is 3. The van der Waals surface area contributed by atoms with E-state index < -0.39 is 11.8 Å². The largest absolute Gasteiger partial charge is 1.00 e. The first-order valence-corrected chi connectivity index (χ1v) is 8.22. The molecule has 1 amide bonds. The van der Waals surface area contributed by atoms with Crippen LogP contribution in [0.1, 0.15) is 15.9 Å². The predicted molar refractivity (Wildman–Crippen MR) is 96.9 cm³/mol. The molecule has 0 aliphatic heterocycles. The molecule has 1 aromatic heterocycles. The van der Waals surface area contributed by atoms with Crippen LogP contribution in [0.4, 0.5) is 5.69 Å². The average molecular weight is 404 g/mol. The van der Waals surface area contributed by atoms with Crippen LogP contribution < -0.4 is 40.0 Å². The first-order chi connectivity index (χ1) is 12.9. The molecule has 2 aromatic carbocycles. The number of aromatic amines is 1. The van der Waals surface area contributed by atoms with Crippen LogP contribution >= 0.6 is 12.2 Å². The Hall–Kier alpha value is -2.59. The van der Waals surface area contributed by atoms with Crippen molar-refractivity contribution in [3.05, 3.63) is 70.8 Å². The number of anilines is 1. The topological polar surface area (TPSA) is 120 Å². The van der Waals surface area contributed by atoms with Crippen LogP contribution in [0.15, 0.2) is 54.9 Å². The molecular formula is C18H13N4NaO4S. The molecule has 28 heavy (non-hydrogen) atoms. The number of rotatable bonds is 6. The molecule has 3 rings (SSSR count). The Labute approximate surface area is 186 Å². The van der Waals surface area contributed by atoms with Gasteiger partial charge >= 0.3 is 29.6 Å². The van der Waals surface area contributed by atoms with Crippen LogP contribution in [0.5, 0.6) is 0 Å². The fourth-order valence-corrected chi connectivity index (χ4v) is 2.60. The van der Waals surface area contributed by atoms with E-state index in [1.165, 1.54) is 6.33 Å². The van der Waals surface area contributed by atoms with E-state index in [0.29, 0.717) is 27.3 Å². The number of H-pyrrole nitrogens is 1. The minimum absolute atomic E-state index is 0. The minimum Gasteiger partial charge on any atom is -0.542 e. The van der Waals surface area contributed by atoms with Crippen LogP contribution in [0, 0.1) is 4.77 Å². The molecule has 0 saturated heterocycles. The molecule has 0 unspecified atom stereocenters. The second-order valence-electron chi connectivity index (χ2n) is 5.62. The van der Waals surface area contributed by atoms with Crippen molar-refractivity contribution in [1.29, 1.82) is 0 Å². The number of benzene rings is 2. The number of aliphatic carboxylic acids is 1. The number of carbonyl (C=O) groups excluding carboxylic acids is 3. The van der Waals surface area contributed by atoms with Crippen molar-refractivity contribution < 1.29 is 49.0 Å². The molecular weight excluding hydrogens is 391 g/mol. The number of ketones is 1. The maximum atomic E-state index is 12.5. The van der Waals surface area contributed by atoms with Crippen LogP contribution in [0.3, 0.4) is 0 Å². The molecule has 0 radical (unpaired) electrons. The number of carboxylic acids is 1. The van der Waals surface area contributed by atoms with Gasteiger partial charge in [-0.1, -0.05) is 18.2 Å². The predicted octanol–water partition coefficient (Wildman–Crippen LogP) is -1.95. The van der Waals surface area contributed by atoms with Gasteiger partial charge in [-0.05, 0) is 48.1 Å². The Morgan fingerprint density at radius 1 is 1.14 bits per heavy atom. The summed E-state index contributed by atoms with van der Waals surface area (Å²) in [5.41, 5.74) is 2.14. The molecule has 8 nitrogen and oxygen atoms in total. The average Bonchev–Trinajstić information content (AvgIpc) is 3.09. The van der Waals surface area contributed by atoms with E-state index in [1.807, 2.05) is 0 Å². The van der Waals surface area contributed by atoms with Gasteiger partial charge in [0.15, 0.2) is 10.6 Å². The van der Waals surface area contributed by atoms with Crippen LogP contribution in [0.25, 0.3) is 5.69 Å². The molecule has 0 fully saturated rings. The molecule has 0 aliphatic carbocycles. The minimum atomic E-state index is -1.72. The molecule has 0 aliphatic rings. The summed E-state index contributed by atoms with van der Waals surface area (Å²) in [6, 6.07) is 13.2. The second kappa shape index (κ2) is 9.56. The van der Waals surface area contributed by atoms with Crippen molar-refractivity contribution in [3.8, 4) is 5.69 Å². The zero-order valence-electron chi connectivity index (χ0n) is 14.8. The molecule has 1 heterocycles. The van der Waals surface area contributed by atoms with E-state index in [4.69, 9.17) is 12.2 Å². The van der Waals surface area contributed by atoms with Gasteiger partial charge in [-0.25, -0.2) is 0 Å². The zero-order chi connectivity index (χ0) is 19.4. The van der Waals surface area contributed by atoms with Crippen molar-refractivity contribution in [2.24, 2.45) is 0 Å². The van der Waals surface area contributed by atoms with Crippen molar-refractivity contribution in [2.75, 3.05) is 5.32 Å². The third-order valence-corrected chi connectivity index (χ3v) is 4.03. The summed E-state index contributed by atoms with van der Waals surface area (Å²) in [7, 11) is 0. The number of hydrogen-bond acceptors (Lipinski definition) is 6. The summed E-state index contributed by atoms with van der Waals surface area (Å²) in [6.07, 6.45) is 1.26. The zero-order valence-corrected chi connectivity index (χ0v) is 17.7. The van der Waals surface area contributed by atoms with Gasteiger partial charge in [0, 0.05) is 17.7 Å². The second-order valence-corrected chi connectivity index (χ2v) is 6.01. The van der Waals surface area contributed by atoms with Gasteiger partial charge in [0.2, 0.25) is 0 Å². The standard InChI is InChI=1S/C18H14N4O4S.Na/c23-15(17(25)26)8-11-4-6-13(7-5-11)20-16(24)12-2-1-3-14(9-12)22-10-19-21-18(22)27;/h1-7,9-10H,8H2,(H,20,24)(H,21,27)(H,25,26);/q;+1/p-1. The van der Waals surface area contributed by atoms with Gasteiger partial charge in [-0.2, -0.15) is 5.10 Å². The van der Waals surface area contributed by atoms with Crippen LogP contribution in [-0.4, -0.2) is 32.4 Å². The summed E-state index contributed by atoms with van der Waals surface area (Å²) >= 11 is 5.12. The third kappa shape index (κ3) is 5.23. The molecule has 0 bridgehead atoms. The fraction of sp³-hybridized carbons (Fsp3) is 0.0556. The summed E-state index contributed by atoms with van der Waals surface area (Å²) in [6.45, 7) is 0. The Morgan fingerprint density at radius 3 is 2.46 bits per heavy atom. The maximum absolute atomic E-state index is 12.5. The van der Waals surface area contributed by atoms with Gasteiger partial charge in [0.25, 0.3) is 5.91 Å². The number of Topliss-reactive ketones (excluding diaryl/α,β-unsaturated/α-hetero) is 1. The summed E-state index contributed by atoms with van der Waals surface area (Å²) in [4.78, 5) is 34.1. The van der Waals surface area contributed by atoms with Gasteiger partial charge in [-0.3, -0.25) is 19.3 Å². The summed E-state index contributed by atoms with van der Waals surface area (Å²) < 4.78 is 2.05. The van der Waals surface area contributed by atoms with Crippen molar-refractivity contribution in [3.63, 3.8) is 0 Å². The van der Waals surface area contributed by atoms with E-state index in [-0.39, 0.29) is 41.9 Å². The van der Waals surface area contributed by atoms with Crippen molar-refractivity contribution >= 4 is 35.6 Å². The summed E-state index contributed by atoms with van der Waals surface area (Å²) in [5, 5.41) is 19.7. The first kappa shape index (κ1) is 21.7. The Balaban J connectivity index is 0.00000280. The van der Waals surface area contributed by atoms with Gasteiger partial charge in [0.1, 0.15) is 12.3 Å². The van der Waals surface area contributed by atoms with Gasteiger partial charge < -0.3 is 15.2 Å². The molecule has 2 N–H and O–H groups in total. The van der Waals surface area contributed by atoms with Crippen molar-refractivity contribution in [2.45, 2.75) is 6.42 Å². The number of amides is 1. The van der Waals surface area contributed by atoms with E-state index in [1.54, 1.807) is 53.1 Å². The summed E-state index contributed by atoms with van der Waals surface area (Å²) in [5.74, 6) is -3.04. The molecule has 0 saturated carbocycles. The number of carbonyl (C=O) groups is 3. The van der Waals surface area contributed by atoms with E-state index in [9.17, 15) is 19.5 Å². The van der Waals surface area contributed by atoms with E-state index >= 15 is 0 Å². The molecule has 0 spiro atoms. The number of nitrogens with zero attached hydrogens (tertiary/aromatic N) is 2. The quantitative estimate of drug-likeness (QED) is 0.280. The maximum Gasteiger partial charge on any atom is 1.00 e. The van der Waals surface area contributed by atoms with Crippen LogP contribution in [-0.2, 0) is 16.0 Å². The third-order valence-electron chi connectivity index (χ3n) is 3.74. The smallest absolute Gasteiger partial charge is 0.542 e. The molecule has 136 valence electrons. The Bertz CT molecular complexity index is 1080. The monoisotopic (exact) mass is 404 g/mol. The van der Waals surface area contributed by atoms with E-state index in [0.717, 1.165) is 0 Å². The molecule has 10 heteroatoms. The van der Waals surface area contributed by atoms with Gasteiger partial charge in [0.05, 0.1) is 5.69 Å².